The van der Waals surface area contributed by atoms with Gasteiger partial charge < -0.3 is 4.90 Å². The van der Waals surface area contributed by atoms with E-state index in [1.165, 1.54) is 19.1 Å². The summed E-state index contributed by atoms with van der Waals surface area (Å²) in [6.07, 6.45) is -3.25. The molecule has 1 amide bonds. The van der Waals surface area contributed by atoms with Gasteiger partial charge in [0.2, 0.25) is 0 Å². The predicted molar refractivity (Wildman–Crippen MR) is 69.0 cm³/mol. The molecule has 21 heavy (non-hydrogen) atoms. The molecular formula is C10H15F3N4O3S. The van der Waals surface area contributed by atoms with Crippen molar-refractivity contribution in [2.45, 2.75) is 6.18 Å². The fourth-order valence-electron chi connectivity index (χ4n) is 1.25. The summed E-state index contributed by atoms with van der Waals surface area (Å²) >= 11 is 0.935. The highest BCUT2D eigenvalue weighted by molar-refractivity contribution is 7.92. The molecule has 1 heterocycles. The lowest BCUT2D eigenvalue weighted by Gasteiger charge is -2.19. The summed E-state index contributed by atoms with van der Waals surface area (Å²) in [4.78, 5) is 17.5. The van der Waals surface area contributed by atoms with Gasteiger partial charge in [0.25, 0.3) is 0 Å². The highest BCUT2D eigenvalue weighted by atomic mass is 32.2. The van der Waals surface area contributed by atoms with Gasteiger partial charge in [-0.3, -0.25) is 0 Å². The molecule has 1 aromatic rings. The summed E-state index contributed by atoms with van der Waals surface area (Å²) in [7, 11) is 4.52. The maximum atomic E-state index is 12.4. The Morgan fingerprint density at radius 2 is 2.10 bits per heavy atom. The van der Waals surface area contributed by atoms with Crippen LogP contribution in [0.3, 0.4) is 0 Å². The minimum atomic E-state index is -4.52. The van der Waals surface area contributed by atoms with Crippen LogP contribution in [0, 0.1) is 0 Å². The number of hydrogen-bond acceptors (Lipinski definition) is 6. The summed E-state index contributed by atoms with van der Waals surface area (Å²) in [6, 6.07) is -0.656. The Morgan fingerprint density at radius 1 is 1.43 bits per heavy atom. The van der Waals surface area contributed by atoms with Gasteiger partial charge in [-0.25, -0.2) is 14.0 Å². The lowest BCUT2D eigenvalue weighted by Crippen LogP contribution is -2.36. The molecule has 0 aliphatic heterocycles. The molecule has 0 saturated carbocycles. The van der Waals surface area contributed by atoms with Crippen molar-refractivity contribution in [3.8, 4) is 0 Å². The minimum Gasteiger partial charge on any atom is -0.325 e. The zero-order chi connectivity index (χ0) is 16.0. The number of likely N-dealkylation sites (N-methyl/N-ethyl adjacent to an activating group) is 2. The second-order valence-corrected chi connectivity index (χ2v) is 4.94. The number of carbonyl (C=O) groups is 1. The standard InChI is InChI=1S/C10H15F3N4O3S/c1-15(4-5-16(2)21-20-19-3)9(18)17-7-8(6-14-17)10(11,12)13/h6-7H,4-5H2,1-3H3. The third kappa shape index (κ3) is 5.53. The molecule has 0 fully saturated rings. The SMILES string of the molecule is COOSN(C)CCN(C)C(=O)n1cc(C(F)(F)F)cn1. The first-order valence-corrected chi connectivity index (χ1v) is 6.41. The summed E-state index contributed by atoms with van der Waals surface area (Å²) in [5.41, 5.74) is -0.967. The van der Waals surface area contributed by atoms with Crippen LogP contribution in [0.25, 0.3) is 0 Å². The van der Waals surface area contributed by atoms with E-state index in [2.05, 4.69) is 14.3 Å². The van der Waals surface area contributed by atoms with E-state index in [-0.39, 0.29) is 6.54 Å². The van der Waals surface area contributed by atoms with Gasteiger partial charge >= 0.3 is 12.2 Å². The molecular weight excluding hydrogens is 313 g/mol. The Labute approximate surface area is 123 Å². The van der Waals surface area contributed by atoms with Crippen molar-refractivity contribution in [2.24, 2.45) is 0 Å². The number of carbonyl (C=O) groups excluding carboxylic acids is 1. The van der Waals surface area contributed by atoms with Crippen molar-refractivity contribution < 1.29 is 27.2 Å². The summed E-state index contributed by atoms with van der Waals surface area (Å²) in [5.74, 6) is 0. The van der Waals surface area contributed by atoms with E-state index in [4.69, 9.17) is 0 Å². The molecule has 0 aliphatic carbocycles. The molecule has 0 aliphatic rings. The highest BCUT2D eigenvalue weighted by Gasteiger charge is 2.33. The zero-order valence-corrected chi connectivity index (χ0v) is 12.4. The highest BCUT2D eigenvalue weighted by Crippen LogP contribution is 2.28. The average Bonchev–Trinajstić information content (AvgIpc) is 2.91. The molecule has 0 aromatic carbocycles. The fraction of sp³-hybridized carbons (Fsp3) is 0.600. The zero-order valence-electron chi connectivity index (χ0n) is 11.6. The van der Waals surface area contributed by atoms with Crippen molar-refractivity contribution in [1.82, 2.24) is 19.0 Å². The third-order valence-electron chi connectivity index (χ3n) is 2.41. The maximum Gasteiger partial charge on any atom is 0.419 e. The lowest BCUT2D eigenvalue weighted by molar-refractivity contribution is -0.163. The van der Waals surface area contributed by atoms with Gasteiger partial charge in [0.05, 0.1) is 18.9 Å². The number of aromatic nitrogens is 2. The van der Waals surface area contributed by atoms with Crippen LogP contribution < -0.4 is 0 Å². The van der Waals surface area contributed by atoms with E-state index in [1.807, 2.05) is 0 Å². The molecule has 11 heteroatoms. The van der Waals surface area contributed by atoms with Gasteiger partial charge in [-0.1, -0.05) is 0 Å². The predicted octanol–water partition coefficient (Wildman–Crippen LogP) is 1.87. The maximum absolute atomic E-state index is 12.4. The smallest absolute Gasteiger partial charge is 0.325 e. The Morgan fingerprint density at radius 3 is 2.62 bits per heavy atom. The Bertz CT molecular complexity index is 469. The van der Waals surface area contributed by atoms with Crippen molar-refractivity contribution in [3.63, 3.8) is 0 Å². The molecule has 0 saturated heterocycles. The van der Waals surface area contributed by atoms with Crippen molar-refractivity contribution in [3.05, 3.63) is 18.0 Å². The van der Waals surface area contributed by atoms with Crippen LogP contribution >= 0.6 is 12.2 Å². The van der Waals surface area contributed by atoms with E-state index < -0.39 is 17.8 Å². The van der Waals surface area contributed by atoms with E-state index >= 15 is 0 Å². The second kappa shape index (κ2) is 7.64. The molecule has 0 N–H and O–H groups in total. The quantitative estimate of drug-likeness (QED) is 0.344. The summed E-state index contributed by atoms with van der Waals surface area (Å²) in [5, 5.41) is 3.42. The van der Waals surface area contributed by atoms with Gasteiger partial charge in [0, 0.05) is 26.3 Å². The first kappa shape index (κ1) is 17.8. The number of nitrogens with zero attached hydrogens (tertiary/aromatic N) is 4. The van der Waals surface area contributed by atoms with Crippen LogP contribution in [0.15, 0.2) is 12.4 Å². The monoisotopic (exact) mass is 328 g/mol. The number of halogens is 3. The first-order valence-electron chi connectivity index (χ1n) is 5.71. The van der Waals surface area contributed by atoms with Crippen LogP contribution in [0.4, 0.5) is 18.0 Å². The minimum absolute atomic E-state index is 0.274. The molecule has 120 valence electrons. The lowest BCUT2D eigenvalue weighted by atomic mass is 10.4. The molecule has 1 aromatic heterocycles. The van der Waals surface area contributed by atoms with Crippen LogP contribution in [0.5, 0.6) is 0 Å². The van der Waals surface area contributed by atoms with Crippen LogP contribution in [0.1, 0.15) is 5.56 Å². The van der Waals surface area contributed by atoms with Crippen molar-refractivity contribution in [2.75, 3.05) is 34.3 Å². The largest absolute Gasteiger partial charge is 0.419 e. The van der Waals surface area contributed by atoms with Gasteiger partial charge in [0.1, 0.15) is 12.2 Å². The van der Waals surface area contributed by atoms with Crippen LogP contribution in [-0.4, -0.2) is 59.3 Å². The third-order valence-corrected chi connectivity index (χ3v) is 3.04. The van der Waals surface area contributed by atoms with Gasteiger partial charge in [-0.2, -0.15) is 23.0 Å². The first-order chi connectivity index (χ1) is 9.75. The summed E-state index contributed by atoms with van der Waals surface area (Å²) < 4.78 is 44.2. The fourth-order valence-corrected chi connectivity index (χ4v) is 1.58. The number of amides is 1. The van der Waals surface area contributed by atoms with Gasteiger partial charge in [-0.05, 0) is 7.05 Å². The molecule has 0 radical (unpaired) electrons. The molecule has 0 spiro atoms. The Kier molecular flexibility index (Phi) is 6.45. The van der Waals surface area contributed by atoms with E-state index in [1.54, 1.807) is 11.4 Å². The molecule has 1 rings (SSSR count). The topological polar surface area (TPSA) is 59.8 Å². The number of rotatable bonds is 6. The number of alkyl halides is 3. The van der Waals surface area contributed by atoms with Crippen LogP contribution in [0.2, 0.25) is 0 Å². The second-order valence-electron chi connectivity index (χ2n) is 4.04. The summed E-state index contributed by atoms with van der Waals surface area (Å²) in [6.45, 7) is 0.695. The van der Waals surface area contributed by atoms with E-state index in [0.717, 1.165) is 12.2 Å². The number of hydrogen-bond donors (Lipinski definition) is 0. The van der Waals surface area contributed by atoms with Gasteiger partial charge in [0.15, 0.2) is 0 Å². The van der Waals surface area contributed by atoms with Crippen molar-refractivity contribution in [1.29, 1.82) is 0 Å². The van der Waals surface area contributed by atoms with Crippen LogP contribution in [-0.2, 0) is 15.4 Å². The normalized spacial score (nSPS) is 12.0. The van der Waals surface area contributed by atoms with E-state index in [0.29, 0.717) is 23.6 Å². The molecule has 0 bridgehead atoms. The molecule has 0 atom stereocenters. The average molecular weight is 328 g/mol. The Hall–Kier alpha value is -1.30. The van der Waals surface area contributed by atoms with Gasteiger partial charge in [-0.15, -0.1) is 4.33 Å². The van der Waals surface area contributed by atoms with Crippen molar-refractivity contribution >= 4 is 18.3 Å². The Balaban J connectivity index is 2.52. The molecule has 7 nitrogen and oxygen atoms in total. The van der Waals surface area contributed by atoms with E-state index in [9.17, 15) is 18.0 Å². The molecule has 0 unspecified atom stereocenters.